The molecule has 0 saturated carbocycles. The average Bonchev–Trinajstić information content (AvgIpc) is 2.27. The van der Waals surface area contributed by atoms with Crippen LogP contribution in [-0.4, -0.2) is 24.7 Å². The van der Waals surface area contributed by atoms with E-state index in [0.29, 0.717) is 10.6 Å². The number of ketones is 1. The highest BCUT2D eigenvalue weighted by molar-refractivity contribution is 7.93. The lowest BCUT2D eigenvalue weighted by Gasteiger charge is -2.14. The smallest absolute Gasteiger partial charge is 0.180 e. The Balaban J connectivity index is 3.03. The maximum absolute atomic E-state index is 12.0. The van der Waals surface area contributed by atoms with Crippen LogP contribution in [0.4, 0.5) is 0 Å². The van der Waals surface area contributed by atoms with E-state index < -0.39 is 26.1 Å². The zero-order valence-electron chi connectivity index (χ0n) is 9.98. The lowest BCUT2D eigenvalue weighted by Crippen LogP contribution is -2.32. The molecule has 1 atom stereocenters. The minimum Gasteiger partial charge on any atom is -0.293 e. The largest absolute Gasteiger partial charge is 0.293 e. The Morgan fingerprint density at radius 3 is 2.00 bits per heavy atom. The second-order valence-electron chi connectivity index (χ2n) is 4.15. The van der Waals surface area contributed by atoms with E-state index in [1.54, 1.807) is 26.0 Å². The fourth-order valence-electron chi connectivity index (χ4n) is 1.41. The van der Waals surface area contributed by atoms with Crippen LogP contribution < -0.4 is 0 Å². The van der Waals surface area contributed by atoms with Gasteiger partial charge in [0.05, 0.1) is 5.25 Å². The quantitative estimate of drug-likeness (QED) is 0.793. The van der Waals surface area contributed by atoms with Crippen molar-refractivity contribution in [3.8, 4) is 0 Å². The van der Waals surface area contributed by atoms with Crippen LogP contribution >= 0.6 is 11.6 Å². The first-order valence-electron chi connectivity index (χ1n) is 5.29. The van der Waals surface area contributed by atoms with Gasteiger partial charge < -0.3 is 0 Å². The molecule has 0 fully saturated rings. The molecule has 0 heterocycles. The van der Waals surface area contributed by atoms with Crippen molar-refractivity contribution in [1.82, 2.24) is 0 Å². The molecule has 0 aromatic heterocycles. The number of hydrogen-bond acceptors (Lipinski definition) is 3. The summed E-state index contributed by atoms with van der Waals surface area (Å²) in [6, 6.07) is 6.22. The zero-order valence-corrected chi connectivity index (χ0v) is 11.5. The second kappa shape index (κ2) is 5.19. The third-order valence-corrected chi connectivity index (χ3v) is 5.41. The van der Waals surface area contributed by atoms with Crippen molar-refractivity contribution in [2.75, 3.05) is 0 Å². The maximum Gasteiger partial charge on any atom is 0.180 e. The normalized spacial score (nSPS) is 13.7. The molecule has 0 bridgehead atoms. The monoisotopic (exact) mass is 274 g/mol. The molecule has 0 radical (unpaired) electrons. The number of benzene rings is 1. The first-order valence-corrected chi connectivity index (χ1v) is 7.28. The minimum absolute atomic E-state index is 0.367. The highest BCUT2D eigenvalue weighted by Gasteiger charge is 2.31. The van der Waals surface area contributed by atoms with E-state index in [0.717, 1.165) is 0 Å². The third kappa shape index (κ3) is 3.07. The van der Waals surface area contributed by atoms with E-state index in [1.807, 2.05) is 0 Å². The van der Waals surface area contributed by atoms with Gasteiger partial charge in [-0.05, 0) is 45.0 Å². The molecule has 5 heteroatoms. The van der Waals surface area contributed by atoms with Gasteiger partial charge in [0.15, 0.2) is 15.6 Å². The highest BCUT2D eigenvalue weighted by atomic mass is 35.5. The molecule has 1 rings (SSSR count). The fraction of sp³-hybridized carbons (Fsp3) is 0.417. The summed E-state index contributed by atoms with van der Waals surface area (Å²) in [6.45, 7) is 4.56. The van der Waals surface area contributed by atoms with Crippen LogP contribution in [-0.2, 0) is 9.84 Å². The molecule has 0 amide bonds. The number of rotatable bonds is 4. The Labute approximate surface area is 107 Å². The maximum atomic E-state index is 12.0. The average molecular weight is 275 g/mol. The summed E-state index contributed by atoms with van der Waals surface area (Å²) in [5.74, 6) is -0.393. The molecular formula is C12H15ClO3S. The first-order chi connectivity index (χ1) is 7.76. The van der Waals surface area contributed by atoms with Gasteiger partial charge in [0.25, 0.3) is 0 Å². The van der Waals surface area contributed by atoms with Gasteiger partial charge in [0.2, 0.25) is 0 Å². The van der Waals surface area contributed by atoms with Gasteiger partial charge in [-0.25, -0.2) is 8.42 Å². The lowest BCUT2D eigenvalue weighted by atomic mass is 10.1. The molecule has 0 aliphatic heterocycles. The molecule has 17 heavy (non-hydrogen) atoms. The molecule has 0 N–H and O–H groups in total. The van der Waals surface area contributed by atoms with Crippen LogP contribution in [0.1, 0.15) is 31.1 Å². The summed E-state index contributed by atoms with van der Waals surface area (Å²) in [5.41, 5.74) is 0.367. The lowest BCUT2D eigenvalue weighted by molar-refractivity contribution is 0.0991. The van der Waals surface area contributed by atoms with Gasteiger partial charge in [0.1, 0.15) is 5.25 Å². The summed E-state index contributed by atoms with van der Waals surface area (Å²) in [5, 5.41) is -1.07. The fourth-order valence-corrected chi connectivity index (χ4v) is 2.78. The van der Waals surface area contributed by atoms with Crippen molar-refractivity contribution in [3.05, 3.63) is 34.9 Å². The Bertz CT molecular complexity index is 503. The van der Waals surface area contributed by atoms with Gasteiger partial charge >= 0.3 is 0 Å². The van der Waals surface area contributed by atoms with Gasteiger partial charge in [-0.15, -0.1) is 0 Å². The van der Waals surface area contributed by atoms with Gasteiger partial charge in [-0.1, -0.05) is 11.6 Å². The number of sulfone groups is 1. The number of Topliss-reactive ketones (excluding diaryl/α,β-unsaturated/α-hetero) is 1. The third-order valence-electron chi connectivity index (χ3n) is 2.65. The van der Waals surface area contributed by atoms with E-state index >= 15 is 0 Å². The van der Waals surface area contributed by atoms with E-state index in [-0.39, 0.29) is 0 Å². The predicted octanol–water partition coefficient (Wildman–Crippen LogP) is 2.73. The van der Waals surface area contributed by atoms with Gasteiger partial charge in [-0.3, -0.25) is 4.79 Å². The van der Waals surface area contributed by atoms with Gasteiger partial charge in [0, 0.05) is 10.6 Å². The van der Waals surface area contributed by atoms with E-state index in [9.17, 15) is 13.2 Å². The standard InChI is InChI=1S/C12H15ClO3S/c1-8(2)17(15,16)9(3)12(14)10-4-6-11(13)7-5-10/h4-9H,1-3H3. The van der Waals surface area contributed by atoms with Crippen LogP contribution in [0.5, 0.6) is 0 Å². The molecule has 0 aliphatic carbocycles. The summed E-state index contributed by atoms with van der Waals surface area (Å²) in [4.78, 5) is 12.0. The summed E-state index contributed by atoms with van der Waals surface area (Å²) in [7, 11) is -3.42. The molecule has 1 aromatic rings. The van der Waals surface area contributed by atoms with E-state index in [1.165, 1.54) is 19.1 Å². The minimum atomic E-state index is -3.42. The van der Waals surface area contributed by atoms with E-state index in [4.69, 9.17) is 11.6 Å². The summed E-state index contributed by atoms with van der Waals surface area (Å²) >= 11 is 5.71. The van der Waals surface area contributed by atoms with Crippen molar-refractivity contribution in [2.45, 2.75) is 31.3 Å². The molecule has 0 aliphatic rings. The van der Waals surface area contributed by atoms with Crippen LogP contribution in [0.3, 0.4) is 0 Å². The van der Waals surface area contributed by atoms with Gasteiger partial charge in [-0.2, -0.15) is 0 Å². The zero-order chi connectivity index (χ0) is 13.2. The highest BCUT2D eigenvalue weighted by Crippen LogP contribution is 2.16. The number of carbonyl (C=O) groups excluding carboxylic acids is 1. The van der Waals surface area contributed by atoms with Crippen molar-refractivity contribution >= 4 is 27.2 Å². The van der Waals surface area contributed by atoms with Crippen LogP contribution in [0, 0.1) is 0 Å². The molecule has 0 saturated heterocycles. The van der Waals surface area contributed by atoms with Crippen LogP contribution in [0.15, 0.2) is 24.3 Å². The Morgan fingerprint density at radius 1 is 1.12 bits per heavy atom. The van der Waals surface area contributed by atoms with E-state index in [2.05, 4.69) is 0 Å². The molecular weight excluding hydrogens is 260 g/mol. The van der Waals surface area contributed by atoms with Crippen molar-refractivity contribution in [3.63, 3.8) is 0 Å². The van der Waals surface area contributed by atoms with Crippen LogP contribution in [0.2, 0.25) is 5.02 Å². The summed E-state index contributed by atoms with van der Waals surface area (Å²) in [6.07, 6.45) is 0. The molecule has 1 aromatic carbocycles. The molecule has 0 spiro atoms. The Hall–Kier alpha value is -0.870. The number of carbonyl (C=O) groups is 1. The van der Waals surface area contributed by atoms with Crippen molar-refractivity contribution in [2.24, 2.45) is 0 Å². The van der Waals surface area contributed by atoms with Crippen molar-refractivity contribution in [1.29, 1.82) is 0 Å². The topological polar surface area (TPSA) is 51.2 Å². The first kappa shape index (κ1) is 14.2. The summed E-state index contributed by atoms with van der Waals surface area (Å²) < 4.78 is 23.7. The molecule has 1 unspecified atom stereocenters. The number of halogens is 1. The SMILES string of the molecule is CC(C)S(=O)(=O)C(C)C(=O)c1ccc(Cl)cc1. The van der Waals surface area contributed by atoms with Crippen molar-refractivity contribution < 1.29 is 13.2 Å². The molecule has 3 nitrogen and oxygen atoms in total. The number of hydrogen-bond donors (Lipinski definition) is 0. The predicted molar refractivity (Wildman–Crippen MR) is 69.3 cm³/mol. The molecule has 94 valence electrons. The Morgan fingerprint density at radius 2 is 1.59 bits per heavy atom. The Kier molecular flexibility index (Phi) is 4.33. The van der Waals surface area contributed by atoms with Crippen LogP contribution in [0.25, 0.3) is 0 Å². The second-order valence-corrected chi connectivity index (χ2v) is 7.42.